The number of hydrogen-bond acceptors (Lipinski definition) is 5. The van der Waals surface area contributed by atoms with Crippen LogP contribution in [0.4, 0.5) is 0 Å². The molecule has 0 aromatic heterocycles. The second-order valence-corrected chi connectivity index (χ2v) is 4.54. The Morgan fingerprint density at radius 2 is 2.22 bits per heavy atom. The largest absolute Gasteiger partial charge is 0.495 e. The molecule has 0 unspecified atom stereocenters. The van der Waals surface area contributed by atoms with Crippen LogP contribution in [0.25, 0.3) is 0 Å². The fourth-order valence-corrected chi connectivity index (χ4v) is 2.48. The van der Waals surface area contributed by atoms with E-state index in [9.17, 15) is 4.79 Å². The Morgan fingerprint density at radius 1 is 1.50 bits per heavy atom. The molecule has 2 rings (SSSR count). The maximum Gasteiger partial charge on any atom is 0.180 e. The van der Waals surface area contributed by atoms with E-state index >= 15 is 0 Å². The zero-order chi connectivity index (χ0) is 13.1. The number of Topliss-reactive ketones (excluding diaryl/α,β-unsaturated/α-hetero) is 1. The maximum absolute atomic E-state index is 12.0. The first-order chi connectivity index (χ1) is 8.69. The van der Waals surface area contributed by atoms with Crippen molar-refractivity contribution in [1.29, 1.82) is 0 Å². The van der Waals surface area contributed by atoms with E-state index in [1.807, 2.05) is 0 Å². The van der Waals surface area contributed by atoms with Crippen LogP contribution in [0.15, 0.2) is 10.5 Å². The van der Waals surface area contributed by atoms with Crippen molar-refractivity contribution in [3.05, 3.63) is 16.1 Å². The van der Waals surface area contributed by atoms with E-state index in [4.69, 9.17) is 14.2 Å². The SMILES string of the molecule is CNCC(=O)c1cc2c(c(Br)c1OC)OCCO2. The lowest BCUT2D eigenvalue weighted by Crippen LogP contribution is -2.21. The van der Waals surface area contributed by atoms with Crippen LogP contribution < -0.4 is 19.5 Å². The molecule has 6 heteroatoms. The number of halogens is 1. The first kappa shape index (κ1) is 13.2. The second-order valence-electron chi connectivity index (χ2n) is 3.75. The lowest BCUT2D eigenvalue weighted by atomic mass is 10.1. The second kappa shape index (κ2) is 5.58. The standard InChI is InChI=1S/C12H14BrNO4/c1-14-6-8(15)7-5-9-12(18-4-3-17-9)10(13)11(7)16-2/h5,14H,3-4,6H2,1-2H3. The number of methoxy groups -OCH3 is 1. The minimum Gasteiger partial charge on any atom is -0.495 e. The molecule has 0 radical (unpaired) electrons. The highest BCUT2D eigenvalue weighted by atomic mass is 79.9. The Bertz CT molecular complexity index is 476. The number of nitrogens with one attached hydrogen (secondary N) is 1. The van der Waals surface area contributed by atoms with Gasteiger partial charge in [-0.2, -0.15) is 0 Å². The molecule has 0 saturated heterocycles. The smallest absolute Gasteiger partial charge is 0.180 e. The van der Waals surface area contributed by atoms with Gasteiger partial charge in [-0.25, -0.2) is 0 Å². The van der Waals surface area contributed by atoms with E-state index in [0.29, 0.717) is 40.5 Å². The van der Waals surface area contributed by atoms with E-state index in [1.54, 1.807) is 13.1 Å². The molecular formula is C12H14BrNO4. The molecule has 5 nitrogen and oxygen atoms in total. The Labute approximate surface area is 114 Å². The first-order valence-corrected chi connectivity index (χ1v) is 6.32. The van der Waals surface area contributed by atoms with Crippen LogP contribution in [0.1, 0.15) is 10.4 Å². The van der Waals surface area contributed by atoms with Crippen LogP contribution in [0, 0.1) is 0 Å². The fourth-order valence-electron chi connectivity index (χ4n) is 1.79. The van der Waals surface area contributed by atoms with Gasteiger partial charge in [0.15, 0.2) is 17.3 Å². The van der Waals surface area contributed by atoms with Crippen molar-refractivity contribution >= 4 is 21.7 Å². The molecular weight excluding hydrogens is 302 g/mol. The summed E-state index contributed by atoms with van der Waals surface area (Å²) in [6.45, 7) is 1.20. The van der Waals surface area contributed by atoms with Gasteiger partial charge < -0.3 is 19.5 Å². The number of ketones is 1. The van der Waals surface area contributed by atoms with Gasteiger partial charge in [0.05, 0.1) is 19.2 Å². The molecule has 1 heterocycles. The van der Waals surface area contributed by atoms with Crippen molar-refractivity contribution in [3.63, 3.8) is 0 Å². The van der Waals surface area contributed by atoms with Gasteiger partial charge in [-0.15, -0.1) is 0 Å². The number of carbonyl (C=O) groups excluding carboxylic acids is 1. The average molecular weight is 316 g/mol. The molecule has 1 aromatic rings. The summed E-state index contributed by atoms with van der Waals surface area (Å²) >= 11 is 3.39. The average Bonchev–Trinajstić information content (AvgIpc) is 2.39. The van der Waals surface area contributed by atoms with Gasteiger partial charge in [0, 0.05) is 0 Å². The molecule has 1 aliphatic rings. The Balaban J connectivity index is 2.52. The van der Waals surface area contributed by atoms with Gasteiger partial charge in [-0.1, -0.05) is 0 Å². The fraction of sp³-hybridized carbons (Fsp3) is 0.417. The van der Waals surface area contributed by atoms with Crippen LogP contribution in [0.3, 0.4) is 0 Å². The van der Waals surface area contributed by atoms with E-state index in [0.717, 1.165) is 0 Å². The van der Waals surface area contributed by atoms with Crippen molar-refractivity contribution in [1.82, 2.24) is 5.32 Å². The molecule has 0 fully saturated rings. The van der Waals surface area contributed by atoms with Crippen LogP contribution in [0.2, 0.25) is 0 Å². The highest BCUT2D eigenvalue weighted by molar-refractivity contribution is 9.10. The summed E-state index contributed by atoms with van der Waals surface area (Å²) in [6, 6.07) is 1.66. The predicted molar refractivity (Wildman–Crippen MR) is 69.9 cm³/mol. The molecule has 98 valence electrons. The molecule has 1 aromatic carbocycles. The number of fused-ring (bicyclic) bond motifs is 1. The minimum atomic E-state index is -0.0629. The monoisotopic (exact) mass is 315 g/mol. The topological polar surface area (TPSA) is 56.8 Å². The lowest BCUT2D eigenvalue weighted by molar-refractivity contribution is 0.0989. The molecule has 0 bridgehead atoms. The highest BCUT2D eigenvalue weighted by Crippen LogP contribution is 2.45. The number of likely N-dealkylation sites (N-methyl/N-ethyl adjacent to an activating group) is 1. The van der Waals surface area contributed by atoms with Gasteiger partial charge in [0.2, 0.25) is 0 Å². The molecule has 1 N–H and O–H groups in total. The van der Waals surface area contributed by atoms with Crippen LogP contribution in [0.5, 0.6) is 17.2 Å². The maximum atomic E-state index is 12.0. The minimum absolute atomic E-state index is 0.0629. The van der Waals surface area contributed by atoms with E-state index in [1.165, 1.54) is 7.11 Å². The number of hydrogen-bond donors (Lipinski definition) is 1. The van der Waals surface area contributed by atoms with Crippen molar-refractivity contribution in [2.45, 2.75) is 0 Å². The summed E-state index contributed by atoms with van der Waals surface area (Å²) in [4.78, 5) is 12.0. The molecule has 0 spiro atoms. The zero-order valence-electron chi connectivity index (χ0n) is 10.2. The molecule has 18 heavy (non-hydrogen) atoms. The quantitative estimate of drug-likeness (QED) is 0.856. The third-order valence-corrected chi connectivity index (χ3v) is 3.29. The van der Waals surface area contributed by atoms with Gasteiger partial charge >= 0.3 is 0 Å². The molecule has 0 atom stereocenters. The highest BCUT2D eigenvalue weighted by Gasteiger charge is 2.24. The molecule has 0 saturated carbocycles. The number of carbonyl (C=O) groups is 1. The van der Waals surface area contributed by atoms with E-state index in [-0.39, 0.29) is 12.3 Å². The third kappa shape index (κ3) is 2.30. The molecule has 0 aliphatic carbocycles. The lowest BCUT2D eigenvalue weighted by Gasteiger charge is -2.22. The number of ether oxygens (including phenoxy) is 3. The van der Waals surface area contributed by atoms with Crippen molar-refractivity contribution < 1.29 is 19.0 Å². The van der Waals surface area contributed by atoms with Crippen LogP contribution >= 0.6 is 15.9 Å². The Morgan fingerprint density at radius 3 is 2.89 bits per heavy atom. The number of benzene rings is 1. The normalized spacial score (nSPS) is 13.3. The summed E-state index contributed by atoms with van der Waals surface area (Å²) in [5.74, 6) is 1.55. The summed E-state index contributed by atoms with van der Waals surface area (Å²) in [5.41, 5.74) is 0.475. The van der Waals surface area contributed by atoms with Gasteiger partial charge in [0.1, 0.15) is 23.4 Å². The molecule has 1 aliphatic heterocycles. The summed E-state index contributed by atoms with van der Waals surface area (Å²) in [7, 11) is 3.24. The van der Waals surface area contributed by atoms with Gasteiger partial charge in [0.25, 0.3) is 0 Å². The van der Waals surface area contributed by atoms with Crippen molar-refractivity contribution in [2.24, 2.45) is 0 Å². The first-order valence-electron chi connectivity index (χ1n) is 5.53. The zero-order valence-corrected chi connectivity index (χ0v) is 11.8. The van der Waals surface area contributed by atoms with Gasteiger partial charge in [-0.05, 0) is 29.0 Å². The molecule has 0 amide bonds. The van der Waals surface area contributed by atoms with Crippen molar-refractivity contribution in [2.75, 3.05) is 33.9 Å². The Kier molecular flexibility index (Phi) is 4.08. The van der Waals surface area contributed by atoms with E-state index in [2.05, 4.69) is 21.2 Å². The summed E-state index contributed by atoms with van der Waals surface area (Å²) in [6.07, 6.45) is 0. The Hall–Kier alpha value is -1.27. The van der Waals surface area contributed by atoms with Crippen LogP contribution in [-0.4, -0.2) is 39.7 Å². The van der Waals surface area contributed by atoms with Crippen molar-refractivity contribution in [3.8, 4) is 17.2 Å². The third-order valence-electron chi connectivity index (χ3n) is 2.57. The summed E-state index contributed by atoms with van der Waals surface area (Å²) < 4.78 is 16.9. The summed E-state index contributed by atoms with van der Waals surface area (Å²) in [5, 5.41) is 2.82. The number of rotatable bonds is 4. The van der Waals surface area contributed by atoms with E-state index < -0.39 is 0 Å². The van der Waals surface area contributed by atoms with Crippen LogP contribution in [-0.2, 0) is 0 Å². The predicted octanol–water partition coefficient (Wildman–Crippen LogP) is 1.63. The van der Waals surface area contributed by atoms with Gasteiger partial charge in [-0.3, -0.25) is 4.79 Å².